The summed E-state index contributed by atoms with van der Waals surface area (Å²) < 4.78 is 18.3. The fourth-order valence-electron chi connectivity index (χ4n) is 1.80. The van der Waals surface area contributed by atoms with Crippen LogP contribution in [-0.4, -0.2) is 18.6 Å². The van der Waals surface area contributed by atoms with Crippen LogP contribution in [-0.2, 0) is 4.79 Å². The zero-order valence-corrected chi connectivity index (χ0v) is 8.66. The second-order valence-corrected chi connectivity index (χ2v) is 3.66. The first kappa shape index (κ1) is 9.96. The molecule has 0 aromatic heterocycles. The van der Waals surface area contributed by atoms with Crippen molar-refractivity contribution in [2.75, 3.05) is 11.5 Å². The Hall–Kier alpha value is -1.58. The number of hydrogen-bond acceptors (Lipinski definition) is 2. The SMILES string of the molecule is CC(=O)N1c2ccc(F)cc2OC[C@@H]1C. The lowest BCUT2D eigenvalue weighted by Crippen LogP contribution is -2.43. The summed E-state index contributed by atoms with van der Waals surface area (Å²) in [6.07, 6.45) is 0. The molecule has 1 aliphatic rings. The standard InChI is InChI=1S/C11H12FNO2/c1-7-6-15-11-5-9(12)3-4-10(11)13(7)8(2)14/h3-5,7H,6H2,1-2H3/t7-/m0/s1. The highest BCUT2D eigenvalue weighted by atomic mass is 19.1. The van der Waals surface area contributed by atoms with Crippen molar-refractivity contribution in [1.82, 2.24) is 0 Å². The van der Waals surface area contributed by atoms with Crippen LogP contribution >= 0.6 is 0 Å². The molecule has 1 aromatic rings. The van der Waals surface area contributed by atoms with E-state index in [1.165, 1.54) is 19.1 Å². The summed E-state index contributed by atoms with van der Waals surface area (Å²) in [5.74, 6) is 0.0220. The van der Waals surface area contributed by atoms with E-state index in [0.717, 1.165) is 0 Å². The minimum atomic E-state index is -0.355. The molecule has 0 fully saturated rings. The van der Waals surface area contributed by atoms with E-state index in [9.17, 15) is 9.18 Å². The number of ether oxygens (including phenoxy) is 1. The number of halogens is 1. The average molecular weight is 209 g/mol. The molecule has 1 atom stereocenters. The fourth-order valence-corrected chi connectivity index (χ4v) is 1.80. The second kappa shape index (κ2) is 3.53. The van der Waals surface area contributed by atoms with Crippen molar-refractivity contribution in [3.63, 3.8) is 0 Å². The summed E-state index contributed by atoms with van der Waals surface area (Å²) in [6, 6.07) is 4.19. The van der Waals surface area contributed by atoms with Crippen molar-refractivity contribution in [2.45, 2.75) is 19.9 Å². The van der Waals surface area contributed by atoms with Gasteiger partial charge in [0.15, 0.2) is 0 Å². The maximum absolute atomic E-state index is 12.9. The molecular formula is C11H12FNO2. The Bertz CT molecular complexity index is 406. The monoisotopic (exact) mass is 209 g/mol. The predicted molar refractivity (Wildman–Crippen MR) is 54.5 cm³/mol. The van der Waals surface area contributed by atoms with Gasteiger partial charge in [-0.3, -0.25) is 4.79 Å². The van der Waals surface area contributed by atoms with Crippen molar-refractivity contribution in [3.8, 4) is 5.75 Å². The zero-order valence-electron chi connectivity index (χ0n) is 8.66. The van der Waals surface area contributed by atoms with Crippen molar-refractivity contribution >= 4 is 11.6 Å². The van der Waals surface area contributed by atoms with Gasteiger partial charge in [-0.25, -0.2) is 4.39 Å². The molecule has 1 aliphatic heterocycles. The zero-order chi connectivity index (χ0) is 11.0. The number of fused-ring (bicyclic) bond motifs is 1. The summed E-state index contributed by atoms with van der Waals surface area (Å²) in [6.45, 7) is 3.79. The van der Waals surface area contributed by atoms with Gasteiger partial charge in [0, 0.05) is 13.0 Å². The number of hydrogen-bond donors (Lipinski definition) is 0. The maximum atomic E-state index is 12.9. The molecule has 1 amide bonds. The Labute approximate surface area is 87.5 Å². The third kappa shape index (κ3) is 1.67. The molecule has 2 rings (SSSR count). The van der Waals surface area contributed by atoms with Crippen LogP contribution in [0.4, 0.5) is 10.1 Å². The third-order valence-corrected chi connectivity index (χ3v) is 2.44. The van der Waals surface area contributed by atoms with Gasteiger partial charge in [-0.05, 0) is 19.1 Å². The van der Waals surface area contributed by atoms with E-state index < -0.39 is 0 Å². The Kier molecular flexibility index (Phi) is 2.34. The second-order valence-electron chi connectivity index (χ2n) is 3.66. The van der Waals surface area contributed by atoms with Gasteiger partial charge in [0.05, 0.1) is 11.7 Å². The van der Waals surface area contributed by atoms with E-state index in [1.807, 2.05) is 6.92 Å². The summed E-state index contributed by atoms with van der Waals surface area (Å²) in [4.78, 5) is 13.1. The number of nitrogens with zero attached hydrogens (tertiary/aromatic N) is 1. The molecule has 4 heteroatoms. The van der Waals surface area contributed by atoms with Gasteiger partial charge in [0.25, 0.3) is 0 Å². The molecule has 0 radical (unpaired) electrons. The van der Waals surface area contributed by atoms with Crippen molar-refractivity contribution in [1.29, 1.82) is 0 Å². The highest BCUT2D eigenvalue weighted by Gasteiger charge is 2.27. The van der Waals surface area contributed by atoms with Crippen LogP contribution in [0.2, 0.25) is 0 Å². The normalized spacial score (nSPS) is 19.4. The van der Waals surface area contributed by atoms with Crippen LogP contribution in [0, 0.1) is 5.82 Å². The van der Waals surface area contributed by atoms with Gasteiger partial charge in [-0.1, -0.05) is 0 Å². The molecule has 0 saturated heterocycles. The summed E-state index contributed by atoms with van der Waals surface area (Å²) in [5.41, 5.74) is 0.641. The number of carbonyl (C=O) groups excluding carboxylic acids is 1. The minimum absolute atomic E-state index is 0.0135. The average Bonchev–Trinajstić information content (AvgIpc) is 2.17. The molecule has 1 heterocycles. The lowest BCUT2D eigenvalue weighted by Gasteiger charge is -2.34. The molecule has 0 saturated carbocycles. The van der Waals surface area contributed by atoms with Crippen LogP contribution in [0.5, 0.6) is 5.75 Å². The molecule has 15 heavy (non-hydrogen) atoms. The van der Waals surface area contributed by atoms with Gasteiger partial charge >= 0.3 is 0 Å². The van der Waals surface area contributed by atoms with Crippen LogP contribution in [0.25, 0.3) is 0 Å². The van der Waals surface area contributed by atoms with Crippen molar-refractivity contribution in [2.24, 2.45) is 0 Å². The molecule has 0 spiro atoms. The van der Waals surface area contributed by atoms with Crippen LogP contribution in [0.1, 0.15) is 13.8 Å². The van der Waals surface area contributed by atoms with Gasteiger partial charge < -0.3 is 9.64 Å². The number of amides is 1. The van der Waals surface area contributed by atoms with Crippen LogP contribution in [0.15, 0.2) is 18.2 Å². The quantitative estimate of drug-likeness (QED) is 0.653. The minimum Gasteiger partial charge on any atom is -0.489 e. The van der Waals surface area contributed by atoms with Crippen LogP contribution < -0.4 is 9.64 Å². The maximum Gasteiger partial charge on any atom is 0.224 e. The van der Waals surface area contributed by atoms with E-state index >= 15 is 0 Å². The van der Waals surface area contributed by atoms with E-state index in [-0.39, 0.29) is 17.8 Å². The Morgan fingerprint density at radius 3 is 3.00 bits per heavy atom. The van der Waals surface area contributed by atoms with Crippen molar-refractivity contribution < 1.29 is 13.9 Å². The Morgan fingerprint density at radius 2 is 2.33 bits per heavy atom. The van der Waals surface area contributed by atoms with Crippen molar-refractivity contribution in [3.05, 3.63) is 24.0 Å². The molecule has 1 aromatic carbocycles. The van der Waals surface area contributed by atoms with Gasteiger partial charge in [0.1, 0.15) is 18.2 Å². The summed E-state index contributed by atoms with van der Waals surface area (Å²) in [7, 11) is 0. The van der Waals surface area contributed by atoms with E-state index in [2.05, 4.69) is 0 Å². The predicted octanol–water partition coefficient (Wildman–Crippen LogP) is 1.96. The Balaban J connectivity index is 2.48. The van der Waals surface area contributed by atoms with E-state index in [1.54, 1.807) is 11.0 Å². The first-order valence-corrected chi connectivity index (χ1v) is 4.81. The van der Waals surface area contributed by atoms with Gasteiger partial charge in [-0.2, -0.15) is 0 Å². The topological polar surface area (TPSA) is 29.5 Å². The highest BCUT2D eigenvalue weighted by Crippen LogP contribution is 2.34. The highest BCUT2D eigenvalue weighted by molar-refractivity contribution is 5.94. The largest absolute Gasteiger partial charge is 0.489 e. The smallest absolute Gasteiger partial charge is 0.224 e. The summed E-state index contributed by atoms with van der Waals surface area (Å²) >= 11 is 0. The molecule has 0 aliphatic carbocycles. The van der Waals surface area contributed by atoms with Crippen LogP contribution in [0.3, 0.4) is 0 Å². The number of carbonyl (C=O) groups is 1. The number of benzene rings is 1. The summed E-state index contributed by atoms with van der Waals surface area (Å²) in [5, 5.41) is 0. The van der Waals surface area contributed by atoms with Gasteiger partial charge in [0.2, 0.25) is 5.91 Å². The lowest BCUT2D eigenvalue weighted by atomic mass is 10.1. The molecule has 0 N–H and O–H groups in total. The molecule has 3 nitrogen and oxygen atoms in total. The molecular weight excluding hydrogens is 197 g/mol. The van der Waals surface area contributed by atoms with E-state index in [0.29, 0.717) is 18.0 Å². The van der Waals surface area contributed by atoms with E-state index in [4.69, 9.17) is 4.74 Å². The fraction of sp³-hybridized carbons (Fsp3) is 0.364. The number of anilines is 1. The Morgan fingerprint density at radius 1 is 1.60 bits per heavy atom. The lowest BCUT2D eigenvalue weighted by molar-refractivity contribution is -0.117. The molecule has 0 unspecified atom stereocenters. The number of rotatable bonds is 0. The molecule has 0 bridgehead atoms. The first-order chi connectivity index (χ1) is 7.09. The molecule has 80 valence electrons. The first-order valence-electron chi connectivity index (χ1n) is 4.81. The third-order valence-electron chi connectivity index (χ3n) is 2.44. The van der Waals surface area contributed by atoms with Gasteiger partial charge in [-0.15, -0.1) is 0 Å².